The summed E-state index contributed by atoms with van der Waals surface area (Å²) in [6.45, 7) is 22.7. The zero-order valence-corrected chi connectivity index (χ0v) is 56.2. The van der Waals surface area contributed by atoms with Crippen molar-refractivity contribution in [1.29, 1.82) is 0 Å². The van der Waals surface area contributed by atoms with Crippen molar-refractivity contribution in [3.8, 4) is 45.6 Å². The van der Waals surface area contributed by atoms with E-state index in [1.807, 2.05) is 77.9 Å². The second-order valence-electron chi connectivity index (χ2n) is 25.1. The number of hydrogen-bond donors (Lipinski definition) is 4. The molecule has 0 aromatic heterocycles. The highest BCUT2D eigenvalue weighted by atomic mass is 32.2. The van der Waals surface area contributed by atoms with Gasteiger partial charge in [0.25, 0.3) is 40.5 Å². The first kappa shape index (κ1) is 69.8. The minimum atomic E-state index is -5.06. The lowest BCUT2D eigenvalue weighted by Crippen LogP contribution is -2.51. The smallest absolute Gasteiger partial charge is 0.298 e. The second kappa shape index (κ2) is 25.8. The van der Waals surface area contributed by atoms with Gasteiger partial charge in [0.05, 0.1) is 9.79 Å². The summed E-state index contributed by atoms with van der Waals surface area (Å²) in [7, 11) is -19.8. The average molecular weight is 1330 g/mol. The molecule has 92 heavy (non-hydrogen) atoms. The molecule has 22 heteroatoms. The van der Waals surface area contributed by atoms with Crippen molar-refractivity contribution in [2.45, 2.75) is 149 Å². The number of ketones is 2. The topological polar surface area (TPSA) is 289 Å². The Hall–Kier alpha value is -8.06. The first-order valence-corrected chi connectivity index (χ1v) is 35.1. The van der Waals surface area contributed by atoms with Crippen molar-refractivity contribution < 1.29 is 80.4 Å². The van der Waals surface area contributed by atoms with Crippen LogP contribution in [0.5, 0.6) is 34.5 Å². The first-order chi connectivity index (χ1) is 42.6. The molecule has 4 N–H and O–H groups in total. The SMILES string of the molecule is CCC(C)(C)c1ccc(C(=O)c2ccc(Oc3ccc(-c4ccc(OC(C)(CC)C(C)(CC)c5ccc(C(=O)c6ccc(Oc7ccc(C(C)(C)c8ccc(OC(C)(C)C)cc8)cc7)c(S(=O)(=O)O)c6)cc5S(=O)(=O)O)cc4)cc3)c(S(=O)(=O)O)c2)cc1S(=O)(=O)O. The maximum atomic E-state index is 14.2. The van der Waals surface area contributed by atoms with Gasteiger partial charge >= 0.3 is 0 Å². The zero-order valence-electron chi connectivity index (χ0n) is 52.9. The molecule has 2 atom stereocenters. The van der Waals surface area contributed by atoms with Crippen molar-refractivity contribution >= 4 is 52.0 Å². The summed E-state index contributed by atoms with van der Waals surface area (Å²) in [5.74, 6) is -0.726. The van der Waals surface area contributed by atoms with Gasteiger partial charge in [-0.05, 0) is 183 Å². The predicted octanol–water partition coefficient (Wildman–Crippen LogP) is 15.5. The van der Waals surface area contributed by atoms with E-state index in [2.05, 4.69) is 13.8 Å². The molecule has 0 heterocycles. The molecule has 0 spiro atoms. The molecule has 0 fully saturated rings. The molecule has 0 radical (unpaired) electrons. The van der Waals surface area contributed by atoms with Crippen molar-refractivity contribution in [2.24, 2.45) is 0 Å². The fraction of sp³-hybridized carbons (Fsp3) is 0.286. The van der Waals surface area contributed by atoms with E-state index in [1.165, 1.54) is 48.5 Å². The maximum Gasteiger partial charge on any atom is 0.298 e. The van der Waals surface area contributed by atoms with E-state index >= 15 is 0 Å². The quantitative estimate of drug-likeness (QED) is 0.0323. The molecular weight excluding hydrogens is 1260 g/mol. The van der Waals surface area contributed by atoms with Crippen LogP contribution < -0.4 is 18.9 Å². The van der Waals surface area contributed by atoms with Crippen molar-refractivity contribution in [2.75, 3.05) is 0 Å². The third-order valence-electron chi connectivity index (χ3n) is 17.2. The number of hydrogen-bond acceptors (Lipinski definition) is 14. The van der Waals surface area contributed by atoms with E-state index < -0.39 is 93.5 Å². The molecule has 0 aliphatic carbocycles. The van der Waals surface area contributed by atoms with Gasteiger partial charge in [-0.2, -0.15) is 33.7 Å². The Bertz CT molecular complexity index is 4590. The van der Waals surface area contributed by atoms with Crippen LogP contribution in [0.2, 0.25) is 0 Å². The van der Waals surface area contributed by atoms with E-state index in [9.17, 15) is 61.5 Å². The monoisotopic (exact) mass is 1330 g/mol. The van der Waals surface area contributed by atoms with E-state index in [-0.39, 0.29) is 68.4 Å². The Labute approximate surface area is 538 Å². The molecule has 486 valence electrons. The van der Waals surface area contributed by atoms with Gasteiger partial charge in [0.15, 0.2) is 11.6 Å². The van der Waals surface area contributed by atoms with Crippen molar-refractivity contribution in [3.05, 3.63) is 214 Å². The van der Waals surface area contributed by atoms with Crippen LogP contribution in [0, 0.1) is 0 Å². The van der Waals surface area contributed by atoms with E-state index in [4.69, 9.17) is 18.9 Å². The highest BCUT2D eigenvalue weighted by Crippen LogP contribution is 2.47. The van der Waals surface area contributed by atoms with Crippen molar-refractivity contribution in [1.82, 2.24) is 0 Å². The Balaban J connectivity index is 0.983. The highest BCUT2D eigenvalue weighted by Gasteiger charge is 2.48. The molecule has 18 nitrogen and oxygen atoms in total. The standard InChI is InChI=1S/C70H74O18S4/c1-13-67(7,8)56-36-20-46(40-60(56)89(73,74)75)64(71)48-22-38-58(62(42-48)91(79,80)81)85-52-28-16-44(17-29-52)45-18-30-55(31-19-45)88-70(12,15-3)69(11,14-2)57-37-21-47(41-61(57)90(76,77)78)65(72)49-23-39-59(63(43-49)92(82,83)84)86-53-32-24-50(25-33-53)68(9,10)51-26-34-54(35-27-51)87-66(4,5)6/h16-43H,13-15H2,1-12H3,(H,73,74,75)(H,76,77,78)(H,79,80,81)(H,82,83,84). The van der Waals surface area contributed by atoms with Gasteiger partial charge in [-0.3, -0.25) is 27.8 Å². The number of rotatable bonds is 24. The van der Waals surface area contributed by atoms with Gasteiger partial charge in [0.1, 0.15) is 55.5 Å². The number of carbonyl (C=O) groups is 2. The van der Waals surface area contributed by atoms with Crippen LogP contribution in [-0.4, -0.2) is 74.7 Å². The predicted molar refractivity (Wildman–Crippen MR) is 350 cm³/mol. The molecule has 0 saturated carbocycles. The molecule has 0 saturated heterocycles. The molecule has 8 rings (SSSR count). The minimum Gasteiger partial charge on any atom is -0.488 e. The van der Waals surface area contributed by atoms with Gasteiger partial charge in [-0.15, -0.1) is 0 Å². The summed E-state index contributed by atoms with van der Waals surface area (Å²) >= 11 is 0. The van der Waals surface area contributed by atoms with Gasteiger partial charge in [-0.25, -0.2) is 0 Å². The van der Waals surface area contributed by atoms with Crippen LogP contribution >= 0.6 is 0 Å². The third kappa shape index (κ3) is 15.2. The van der Waals surface area contributed by atoms with E-state index in [0.29, 0.717) is 29.7 Å². The Morgan fingerprint density at radius 1 is 0.370 bits per heavy atom. The molecule has 8 aromatic carbocycles. The van der Waals surface area contributed by atoms with E-state index in [1.54, 1.807) is 88.4 Å². The molecule has 0 amide bonds. The molecule has 0 aliphatic rings. The fourth-order valence-corrected chi connectivity index (χ4v) is 14.0. The van der Waals surface area contributed by atoms with E-state index in [0.717, 1.165) is 41.1 Å². The number of ether oxygens (including phenoxy) is 4. The van der Waals surface area contributed by atoms with Crippen LogP contribution in [0.4, 0.5) is 0 Å². The van der Waals surface area contributed by atoms with Crippen LogP contribution in [0.1, 0.15) is 156 Å². The van der Waals surface area contributed by atoms with Crippen LogP contribution in [0.25, 0.3) is 11.1 Å². The summed E-state index contributed by atoms with van der Waals surface area (Å²) < 4.78 is 169. The minimum absolute atomic E-state index is 0.130. The van der Waals surface area contributed by atoms with Crippen molar-refractivity contribution in [3.63, 3.8) is 0 Å². The largest absolute Gasteiger partial charge is 0.488 e. The lowest BCUT2D eigenvalue weighted by Gasteiger charge is -2.46. The maximum absolute atomic E-state index is 14.2. The molecule has 0 aliphatic heterocycles. The summed E-state index contributed by atoms with van der Waals surface area (Å²) in [6, 6.07) is 42.5. The van der Waals surface area contributed by atoms with Crippen LogP contribution in [0.15, 0.2) is 189 Å². The molecule has 0 bridgehead atoms. The Morgan fingerprint density at radius 3 is 1.05 bits per heavy atom. The summed E-state index contributed by atoms with van der Waals surface area (Å²) in [6.07, 6.45) is 1.08. The molecule has 2 unspecified atom stereocenters. The van der Waals surface area contributed by atoms with Crippen LogP contribution in [-0.2, 0) is 56.7 Å². The van der Waals surface area contributed by atoms with Gasteiger partial charge in [0.2, 0.25) is 0 Å². The van der Waals surface area contributed by atoms with Gasteiger partial charge < -0.3 is 18.9 Å². The summed E-state index contributed by atoms with van der Waals surface area (Å²) in [5.41, 5.74) is -0.983. The molecular formula is C70H74O18S4. The normalized spacial score (nSPS) is 14.0. The Kier molecular flexibility index (Phi) is 19.6. The third-order valence-corrected chi connectivity index (χ3v) is 20.7. The highest BCUT2D eigenvalue weighted by molar-refractivity contribution is 7.86. The zero-order chi connectivity index (χ0) is 68.0. The second-order valence-corrected chi connectivity index (χ2v) is 30.6. The van der Waals surface area contributed by atoms with Gasteiger partial charge in [0, 0.05) is 33.1 Å². The first-order valence-electron chi connectivity index (χ1n) is 29.3. The lowest BCUT2D eigenvalue weighted by atomic mass is 9.66. The van der Waals surface area contributed by atoms with Gasteiger partial charge in [-0.1, -0.05) is 128 Å². The van der Waals surface area contributed by atoms with Crippen LogP contribution in [0.3, 0.4) is 0 Å². The summed E-state index contributed by atoms with van der Waals surface area (Å²) in [5, 5.41) is 0. The average Bonchev–Trinajstić information content (AvgIpc) is 0.747. The molecule has 8 aromatic rings. The lowest BCUT2D eigenvalue weighted by molar-refractivity contribution is 0.00173. The fourth-order valence-electron chi connectivity index (χ4n) is 10.9. The summed E-state index contributed by atoms with van der Waals surface area (Å²) in [4.78, 5) is 25.4. The number of benzene rings is 8. The number of carbonyl (C=O) groups excluding carboxylic acids is 2. The Morgan fingerprint density at radius 2 is 0.696 bits per heavy atom.